The van der Waals surface area contributed by atoms with E-state index in [0.29, 0.717) is 24.3 Å². The Morgan fingerprint density at radius 2 is 0.979 bits per heavy atom. The summed E-state index contributed by atoms with van der Waals surface area (Å²) in [5.74, 6) is 0.316. The zero-order valence-corrected chi connectivity index (χ0v) is 25.8. The van der Waals surface area contributed by atoms with E-state index in [-0.39, 0.29) is 43.1 Å². The van der Waals surface area contributed by atoms with Crippen LogP contribution in [0.2, 0.25) is 0 Å². The first kappa shape index (κ1) is 32.4. The van der Waals surface area contributed by atoms with Crippen LogP contribution < -0.4 is 20.1 Å². The molecule has 238 valence electrons. The average molecular weight is 630 g/mol. The van der Waals surface area contributed by atoms with E-state index >= 15 is 0 Å². The molecule has 47 heavy (non-hydrogen) atoms. The van der Waals surface area contributed by atoms with Gasteiger partial charge in [0.25, 0.3) is 17.5 Å². The van der Waals surface area contributed by atoms with E-state index < -0.39 is 16.7 Å². The number of carbonyl (C=O) groups is 2. The molecule has 0 aliphatic rings. The van der Waals surface area contributed by atoms with Crippen LogP contribution in [0.5, 0.6) is 11.5 Å². The molecule has 5 aromatic carbocycles. The molecule has 0 saturated heterocycles. The molecular formula is C38H35N3O6. The van der Waals surface area contributed by atoms with E-state index in [9.17, 15) is 19.7 Å². The summed E-state index contributed by atoms with van der Waals surface area (Å²) in [6.45, 7) is 0.695. The zero-order valence-electron chi connectivity index (χ0n) is 25.8. The van der Waals surface area contributed by atoms with Gasteiger partial charge in [0.2, 0.25) is 0 Å². The van der Waals surface area contributed by atoms with Crippen LogP contribution in [0.1, 0.15) is 43.0 Å². The number of hydrogen-bond acceptors (Lipinski definition) is 6. The van der Waals surface area contributed by atoms with Crippen molar-refractivity contribution in [1.29, 1.82) is 0 Å². The van der Waals surface area contributed by atoms with Crippen LogP contribution in [-0.4, -0.2) is 43.0 Å². The summed E-state index contributed by atoms with van der Waals surface area (Å²) in [6.07, 6.45) is 1.41. The summed E-state index contributed by atoms with van der Waals surface area (Å²) < 4.78 is 11.9. The highest BCUT2D eigenvalue weighted by Gasteiger charge is 2.18. The van der Waals surface area contributed by atoms with Gasteiger partial charge in [0.15, 0.2) is 0 Å². The van der Waals surface area contributed by atoms with Gasteiger partial charge >= 0.3 is 0 Å². The van der Waals surface area contributed by atoms with E-state index in [2.05, 4.69) is 10.6 Å². The molecular weight excluding hydrogens is 594 g/mol. The monoisotopic (exact) mass is 629 g/mol. The molecule has 0 atom stereocenters. The SMILES string of the molecule is O=C(NCCOc1ccccc1Cc1ccccc1)c1cc(C(=O)NCCOc2ccccc2Cc2ccccc2)cc([N+](=O)[O-])c1. The molecule has 0 saturated carbocycles. The van der Waals surface area contributed by atoms with Crippen molar-refractivity contribution in [2.75, 3.05) is 26.3 Å². The Balaban J connectivity index is 1.13. The average Bonchev–Trinajstić information content (AvgIpc) is 3.10. The molecule has 0 aromatic heterocycles. The number of hydrogen-bond donors (Lipinski definition) is 2. The maximum Gasteiger partial charge on any atom is 0.271 e. The fourth-order valence-corrected chi connectivity index (χ4v) is 5.05. The number of amides is 2. The van der Waals surface area contributed by atoms with Gasteiger partial charge in [-0.15, -0.1) is 0 Å². The highest BCUT2D eigenvalue weighted by Crippen LogP contribution is 2.23. The highest BCUT2D eigenvalue weighted by atomic mass is 16.6. The van der Waals surface area contributed by atoms with Crippen molar-refractivity contribution < 1.29 is 24.0 Å². The number of rotatable bonds is 15. The lowest BCUT2D eigenvalue weighted by molar-refractivity contribution is -0.384. The Hall–Kier alpha value is -5.96. The van der Waals surface area contributed by atoms with Crippen molar-refractivity contribution in [2.45, 2.75) is 12.8 Å². The smallest absolute Gasteiger partial charge is 0.271 e. The maximum absolute atomic E-state index is 13.0. The number of nitro groups is 1. The predicted molar refractivity (Wildman–Crippen MR) is 180 cm³/mol. The number of non-ortho nitro benzene ring substituents is 1. The molecule has 5 aromatic rings. The minimum Gasteiger partial charge on any atom is -0.491 e. The van der Waals surface area contributed by atoms with Crippen molar-refractivity contribution in [1.82, 2.24) is 10.6 Å². The number of para-hydroxylation sites is 2. The summed E-state index contributed by atoms with van der Waals surface area (Å²) in [6, 6.07) is 39.1. The van der Waals surface area contributed by atoms with Crippen LogP contribution in [0.25, 0.3) is 0 Å². The normalized spacial score (nSPS) is 10.6. The third kappa shape index (κ3) is 9.51. The first-order valence-electron chi connectivity index (χ1n) is 15.3. The first-order chi connectivity index (χ1) is 23.0. The van der Waals surface area contributed by atoms with Gasteiger partial charge in [0.1, 0.15) is 24.7 Å². The van der Waals surface area contributed by atoms with Crippen LogP contribution in [0.3, 0.4) is 0 Å². The van der Waals surface area contributed by atoms with E-state index in [0.717, 1.165) is 34.4 Å². The molecule has 2 N–H and O–H groups in total. The van der Waals surface area contributed by atoms with Gasteiger partial charge in [0, 0.05) is 36.1 Å². The summed E-state index contributed by atoms with van der Waals surface area (Å²) in [7, 11) is 0. The van der Waals surface area contributed by atoms with Crippen LogP contribution in [0.4, 0.5) is 5.69 Å². The van der Waals surface area contributed by atoms with Crippen LogP contribution in [0, 0.1) is 10.1 Å². The third-order valence-corrected chi connectivity index (χ3v) is 7.36. The lowest BCUT2D eigenvalue weighted by atomic mass is 10.0. The molecule has 2 amide bonds. The number of nitro benzene ring substituents is 1. The van der Waals surface area contributed by atoms with Gasteiger partial charge in [0.05, 0.1) is 18.0 Å². The molecule has 9 nitrogen and oxygen atoms in total. The number of ether oxygens (including phenoxy) is 2. The summed E-state index contributed by atoms with van der Waals surface area (Å²) in [4.78, 5) is 36.9. The van der Waals surface area contributed by atoms with Crippen LogP contribution in [-0.2, 0) is 12.8 Å². The molecule has 0 unspecified atom stereocenters. The molecule has 0 radical (unpaired) electrons. The summed E-state index contributed by atoms with van der Waals surface area (Å²) in [5.41, 5.74) is 3.97. The molecule has 0 fully saturated rings. The number of carbonyl (C=O) groups excluding carboxylic acids is 2. The highest BCUT2D eigenvalue weighted by molar-refractivity contribution is 6.00. The van der Waals surface area contributed by atoms with Gasteiger partial charge < -0.3 is 20.1 Å². The first-order valence-corrected chi connectivity index (χ1v) is 15.3. The second-order valence-corrected chi connectivity index (χ2v) is 10.8. The fourth-order valence-electron chi connectivity index (χ4n) is 5.05. The summed E-state index contributed by atoms with van der Waals surface area (Å²) >= 11 is 0. The van der Waals surface area contributed by atoms with Crippen molar-refractivity contribution in [3.63, 3.8) is 0 Å². The number of benzene rings is 5. The van der Waals surface area contributed by atoms with E-state index in [1.54, 1.807) is 0 Å². The summed E-state index contributed by atoms with van der Waals surface area (Å²) in [5, 5.41) is 17.1. The maximum atomic E-state index is 13.0. The van der Waals surface area contributed by atoms with E-state index in [4.69, 9.17) is 9.47 Å². The quantitative estimate of drug-likeness (QED) is 0.0787. The Kier molecular flexibility index (Phi) is 11.3. The standard InChI is InChI=1S/C38H35N3O6/c42-37(39-19-21-46-35-17-9-7-15-30(35)23-28-11-3-1-4-12-28)32-25-33(27-34(26-32)41(44)45)38(43)40-20-22-47-36-18-10-8-16-31(36)24-29-13-5-2-6-14-29/h1-18,25-27H,19-24H2,(H,39,42)(H,40,43). The van der Waals surface area contributed by atoms with Crippen molar-refractivity contribution >= 4 is 17.5 Å². The van der Waals surface area contributed by atoms with E-state index in [1.165, 1.54) is 6.07 Å². The minimum absolute atomic E-state index is 0.0000768. The Morgan fingerprint density at radius 3 is 1.40 bits per heavy atom. The molecule has 0 aliphatic heterocycles. The molecule has 0 heterocycles. The Morgan fingerprint density at radius 1 is 0.574 bits per heavy atom. The van der Waals surface area contributed by atoms with E-state index in [1.807, 2.05) is 109 Å². The molecule has 0 aliphatic carbocycles. The van der Waals surface area contributed by atoms with Gasteiger partial charge in [-0.05, 0) is 40.5 Å². The topological polar surface area (TPSA) is 120 Å². The number of nitrogens with one attached hydrogen (secondary N) is 2. The molecule has 9 heteroatoms. The molecule has 5 rings (SSSR count). The molecule has 0 spiro atoms. The zero-order chi connectivity index (χ0) is 32.8. The van der Waals surface area contributed by atoms with Crippen LogP contribution >= 0.6 is 0 Å². The molecule has 0 bridgehead atoms. The fraction of sp³-hybridized carbons (Fsp3) is 0.158. The lowest BCUT2D eigenvalue weighted by Crippen LogP contribution is -2.30. The second kappa shape index (κ2) is 16.4. The van der Waals surface area contributed by atoms with Crippen LogP contribution in [0.15, 0.2) is 127 Å². The Labute approximate surface area is 273 Å². The largest absolute Gasteiger partial charge is 0.491 e. The van der Waals surface area contributed by atoms with Crippen molar-refractivity contribution in [3.05, 3.63) is 171 Å². The lowest BCUT2D eigenvalue weighted by Gasteiger charge is -2.13. The van der Waals surface area contributed by atoms with Gasteiger partial charge in [-0.2, -0.15) is 0 Å². The second-order valence-electron chi connectivity index (χ2n) is 10.8. The Bertz CT molecular complexity index is 1690. The van der Waals surface area contributed by atoms with Gasteiger partial charge in [-0.1, -0.05) is 97.1 Å². The minimum atomic E-state index is -0.632. The predicted octanol–water partition coefficient (Wildman–Crippen LogP) is 6.39. The van der Waals surface area contributed by atoms with Gasteiger partial charge in [-0.3, -0.25) is 19.7 Å². The van der Waals surface area contributed by atoms with Crippen molar-refractivity contribution in [3.8, 4) is 11.5 Å². The van der Waals surface area contributed by atoms with Gasteiger partial charge in [-0.25, -0.2) is 0 Å². The third-order valence-electron chi connectivity index (χ3n) is 7.36. The number of nitrogens with zero attached hydrogens (tertiary/aromatic N) is 1. The van der Waals surface area contributed by atoms with Crippen molar-refractivity contribution in [2.24, 2.45) is 0 Å².